The minimum absolute atomic E-state index is 0.918. The summed E-state index contributed by atoms with van der Waals surface area (Å²) in [6, 6.07) is 18.8. The SMILES string of the molecule is C=C(Nc1ccccc1)N1CCSc2ccccc2C1. The van der Waals surface area contributed by atoms with Gasteiger partial charge in [0.05, 0.1) is 5.82 Å². The van der Waals surface area contributed by atoms with Crippen LogP contribution in [0.5, 0.6) is 0 Å². The van der Waals surface area contributed by atoms with Gasteiger partial charge in [-0.1, -0.05) is 43.0 Å². The summed E-state index contributed by atoms with van der Waals surface area (Å²) in [7, 11) is 0. The lowest BCUT2D eigenvalue weighted by Crippen LogP contribution is -2.27. The normalized spacial score (nSPS) is 14.3. The van der Waals surface area contributed by atoms with Crippen LogP contribution in [0.15, 0.2) is 71.9 Å². The third-order valence-corrected chi connectivity index (χ3v) is 4.49. The van der Waals surface area contributed by atoms with Gasteiger partial charge < -0.3 is 10.2 Å². The van der Waals surface area contributed by atoms with Gasteiger partial charge in [0.1, 0.15) is 0 Å². The van der Waals surface area contributed by atoms with Crippen molar-refractivity contribution < 1.29 is 0 Å². The summed E-state index contributed by atoms with van der Waals surface area (Å²) >= 11 is 1.93. The summed E-state index contributed by atoms with van der Waals surface area (Å²) in [5.74, 6) is 2.06. The molecule has 1 aliphatic rings. The first-order valence-electron chi connectivity index (χ1n) is 6.79. The highest BCUT2D eigenvalue weighted by Gasteiger charge is 2.15. The van der Waals surface area contributed by atoms with Crippen molar-refractivity contribution in [3.8, 4) is 0 Å². The summed E-state index contributed by atoms with van der Waals surface area (Å²) in [4.78, 5) is 3.70. The first-order chi connectivity index (χ1) is 9.83. The Hall–Kier alpha value is -1.87. The van der Waals surface area contributed by atoms with Crippen molar-refractivity contribution in [2.24, 2.45) is 0 Å². The molecule has 0 aliphatic carbocycles. The van der Waals surface area contributed by atoms with E-state index in [4.69, 9.17) is 0 Å². The van der Waals surface area contributed by atoms with Gasteiger partial charge in [-0.3, -0.25) is 0 Å². The van der Waals surface area contributed by atoms with Crippen LogP contribution in [0.4, 0.5) is 5.69 Å². The number of thioether (sulfide) groups is 1. The molecule has 2 nitrogen and oxygen atoms in total. The molecule has 0 unspecified atom stereocenters. The van der Waals surface area contributed by atoms with E-state index in [0.717, 1.165) is 30.4 Å². The van der Waals surface area contributed by atoms with E-state index in [1.54, 1.807) is 0 Å². The summed E-state index contributed by atoms with van der Waals surface area (Å²) in [6.07, 6.45) is 0. The Morgan fingerprint density at radius 1 is 1.05 bits per heavy atom. The van der Waals surface area contributed by atoms with E-state index >= 15 is 0 Å². The summed E-state index contributed by atoms with van der Waals surface area (Å²) in [6.45, 7) is 6.12. The van der Waals surface area contributed by atoms with Crippen LogP contribution in [-0.2, 0) is 6.54 Å². The van der Waals surface area contributed by atoms with E-state index in [1.165, 1.54) is 10.5 Å². The highest BCUT2D eigenvalue weighted by atomic mass is 32.2. The lowest BCUT2D eigenvalue weighted by Gasteiger charge is -2.26. The van der Waals surface area contributed by atoms with Gasteiger partial charge in [-0.15, -0.1) is 11.8 Å². The van der Waals surface area contributed by atoms with Gasteiger partial charge in [-0.25, -0.2) is 0 Å². The molecule has 0 fully saturated rings. The first kappa shape index (κ1) is 13.1. The highest BCUT2D eigenvalue weighted by Crippen LogP contribution is 2.28. The van der Waals surface area contributed by atoms with Crippen LogP contribution in [0, 0.1) is 0 Å². The average Bonchev–Trinajstić information content (AvgIpc) is 2.70. The number of rotatable bonds is 3. The van der Waals surface area contributed by atoms with Gasteiger partial charge in [0.25, 0.3) is 0 Å². The molecule has 3 rings (SSSR count). The predicted octanol–water partition coefficient (Wildman–Crippen LogP) is 4.18. The molecule has 0 spiro atoms. The fourth-order valence-electron chi connectivity index (χ4n) is 2.32. The van der Waals surface area contributed by atoms with Crippen LogP contribution in [-0.4, -0.2) is 17.2 Å². The van der Waals surface area contributed by atoms with Crippen molar-refractivity contribution in [3.63, 3.8) is 0 Å². The van der Waals surface area contributed by atoms with Gasteiger partial charge >= 0.3 is 0 Å². The van der Waals surface area contributed by atoms with E-state index in [9.17, 15) is 0 Å². The van der Waals surface area contributed by atoms with Crippen molar-refractivity contribution in [2.75, 3.05) is 17.6 Å². The van der Waals surface area contributed by atoms with Gasteiger partial charge in [-0.05, 0) is 23.8 Å². The molecule has 102 valence electrons. The van der Waals surface area contributed by atoms with Crippen LogP contribution < -0.4 is 5.32 Å². The second kappa shape index (κ2) is 6.06. The number of nitrogens with zero attached hydrogens (tertiary/aromatic N) is 1. The number of nitrogens with one attached hydrogen (secondary N) is 1. The molecule has 20 heavy (non-hydrogen) atoms. The standard InChI is InChI=1S/C17H18N2S/c1-14(18-16-8-3-2-4-9-16)19-11-12-20-17-10-6-5-7-15(17)13-19/h2-10,18H,1,11-13H2. The third-order valence-electron chi connectivity index (χ3n) is 3.40. The summed E-state index contributed by atoms with van der Waals surface area (Å²) in [5, 5.41) is 3.39. The molecule has 0 saturated carbocycles. The van der Waals surface area contributed by atoms with Crippen LogP contribution >= 0.6 is 11.8 Å². The van der Waals surface area contributed by atoms with Gasteiger partial charge in [0, 0.05) is 29.4 Å². The predicted molar refractivity (Wildman–Crippen MR) is 86.8 cm³/mol. The van der Waals surface area contributed by atoms with E-state index in [2.05, 4.69) is 53.2 Å². The van der Waals surface area contributed by atoms with Crippen molar-refractivity contribution in [1.29, 1.82) is 0 Å². The molecule has 1 aliphatic heterocycles. The topological polar surface area (TPSA) is 15.3 Å². The Morgan fingerprint density at radius 2 is 1.80 bits per heavy atom. The molecule has 3 heteroatoms. The fraction of sp³-hybridized carbons (Fsp3) is 0.176. The zero-order valence-corrected chi connectivity index (χ0v) is 12.2. The molecule has 0 saturated heterocycles. The van der Waals surface area contributed by atoms with E-state index in [-0.39, 0.29) is 0 Å². The van der Waals surface area contributed by atoms with E-state index in [1.807, 2.05) is 30.0 Å². The molecule has 0 amide bonds. The third kappa shape index (κ3) is 2.99. The Bertz CT molecular complexity index is 595. The van der Waals surface area contributed by atoms with E-state index < -0.39 is 0 Å². The molecule has 0 bridgehead atoms. The molecular formula is C17H18N2S. The second-order valence-corrected chi connectivity index (χ2v) is 5.95. The van der Waals surface area contributed by atoms with Crippen molar-refractivity contribution in [1.82, 2.24) is 4.90 Å². The molecular weight excluding hydrogens is 264 g/mol. The molecule has 0 radical (unpaired) electrons. The summed E-state index contributed by atoms with van der Waals surface area (Å²) in [5.41, 5.74) is 2.47. The minimum atomic E-state index is 0.918. The van der Waals surface area contributed by atoms with Gasteiger partial charge in [0.2, 0.25) is 0 Å². The number of hydrogen-bond acceptors (Lipinski definition) is 3. The van der Waals surface area contributed by atoms with Crippen LogP contribution in [0.1, 0.15) is 5.56 Å². The lowest BCUT2D eigenvalue weighted by molar-refractivity contribution is 0.364. The van der Waals surface area contributed by atoms with Crippen molar-refractivity contribution in [3.05, 3.63) is 72.6 Å². The largest absolute Gasteiger partial charge is 0.353 e. The zero-order chi connectivity index (χ0) is 13.8. The molecule has 1 N–H and O–H groups in total. The maximum Gasteiger partial charge on any atom is 0.0986 e. The molecule has 2 aromatic carbocycles. The Morgan fingerprint density at radius 3 is 2.65 bits per heavy atom. The number of fused-ring (bicyclic) bond motifs is 1. The second-order valence-electron chi connectivity index (χ2n) is 4.82. The minimum Gasteiger partial charge on any atom is -0.353 e. The zero-order valence-electron chi connectivity index (χ0n) is 11.4. The summed E-state index contributed by atoms with van der Waals surface area (Å²) < 4.78 is 0. The molecule has 0 aromatic heterocycles. The molecule has 1 heterocycles. The van der Waals surface area contributed by atoms with Crippen LogP contribution in [0.3, 0.4) is 0 Å². The number of para-hydroxylation sites is 1. The highest BCUT2D eigenvalue weighted by molar-refractivity contribution is 7.99. The Labute approximate surface area is 124 Å². The van der Waals surface area contributed by atoms with E-state index in [0.29, 0.717) is 0 Å². The van der Waals surface area contributed by atoms with Crippen molar-refractivity contribution in [2.45, 2.75) is 11.4 Å². The Balaban J connectivity index is 1.73. The molecule has 0 atom stereocenters. The quantitative estimate of drug-likeness (QED) is 0.909. The van der Waals surface area contributed by atoms with Gasteiger partial charge in [0.15, 0.2) is 0 Å². The van der Waals surface area contributed by atoms with Crippen LogP contribution in [0.2, 0.25) is 0 Å². The van der Waals surface area contributed by atoms with Crippen molar-refractivity contribution >= 4 is 17.4 Å². The number of benzene rings is 2. The molecule has 2 aromatic rings. The van der Waals surface area contributed by atoms with Crippen LogP contribution in [0.25, 0.3) is 0 Å². The Kier molecular flexibility index (Phi) is 3.97. The first-order valence-corrected chi connectivity index (χ1v) is 7.78. The average molecular weight is 282 g/mol. The number of anilines is 1. The number of hydrogen-bond donors (Lipinski definition) is 1. The smallest absolute Gasteiger partial charge is 0.0986 e. The maximum absolute atomic E-state index is 4.19. The fourth-order valence-corrected chi connectivity index (χ4v) is 3.35. The maximum atomic E-state index is 4.19. The lowest BCUT2D eigenvalue weighted by atomic mass is 10.2. The monoisotopic (exact) mass is 282 g/mol. The van der Waals surface area contributed by atoms with Gasteiger partial charge in [-0.2, -0.15) is 0 Å².